The van der Waals surface area contributed by atoms with Gasteiger partial charge in [0.15, 0.2) is 0 Å². The Morgan fingerprint density at radius 1 is 1.04 bits per heavy atom. The van der Waals surface area contributed by atoms with E-state index in [-0.39, 0.29) is 16.7 Å². The second-order valence-corrected chi connectivity index (χ2v) is 9.96. The summed E-state index contributed by atoms with van der Waals surface area (Å²) in [6, 6.07) is 5.07. The van der Waals surface area contributed by atoms with E-state index in [1.807, 2.05) is 21.6 Å². The van der Waals surface area contributed by atoms with Crippen LogP contribution < -0.4 is 0 Å². The number of nitrogens with zero attached hydrogens (tertiary/aromatic N) is 2. The predicted octanol–water partition coefficient (Wildman–Crippen LogP) is 4.69. The topological polar surface area (TPSA) is 40.6 Å². The fourth-order valence-electron chi connectivity index (χ4n) is 4.60. The van der Waals surface area contributed by atoms with Crippen molar-refractivity contribution in [1.29, 1.82) is 0 Å². The molecule has 2 amide bonds. The number of amides is 2. The van der Waals surface area contributed by atoms with Gasteiger partial charge in [0, 0.05) is 36.9 Å². The summed E-state index contributed by atoms with van der Waals surface area (Å²) >= 11 is 14.0. The molecule has 0 atom stereocenters. The monoisotopic (exact) mass is 426 g/mol. The van der Waals surface area contributed by atoms with Gasteiger partial charge >= 0.3 is 0 Å². The van der Waals surface area contributed by atoms with Gasteiger partial charge < -0.3 is 9.80 Å². The number of carbonyl (C=O) groups excluding carboxylic acids is 2. The molecule has 146 valence electrons. The van der Waals surface area contributed by atoms with Crippen LogP contribution in [0.5, 0.6) is 0 Å². The van der Waals surface area contributed by atoms with Gasteiger partial charge in [-0.3, -0.25) is 9.59 Å². The molecule has 0 unspecified atom stereocenters. The number of carbonyl (C=O) groups is 2. The second kappa shape index (κ2) is 7.84. The average Bonchev–Trinajstić information content (AvgIpc) is 3.34. The van der Waals surface area contributed by atoms with Crippen LogP contribution in [-0.4, -0.2) is 51.9 Å². The molecule has 2 aliphatic heterocycles. The Morgan fingerprint density at radius 3 is 2.41 bits per heavy atom. The van der Waals surface area contributed by atoms with Crippen LogP contribution in [0, 0.1) is 5.92 Å². The van der Waals surface area contributed by atoms with Crippen LogP contribution in [0.25, 0.3) is 0 Å². The number of benzene rings is 1. The maximum absolute atomic E-state index is 13.1. The molecule has 3 aliphatic rings. The summed E-state index contributed by atoms with van der Waals surface area (Å²) in [5, 5.41) is 0.859. The van der Waals surface area contributed by atoms with E-state index in [9.17, 15) is 9.59 Å². The van der Waals surface area contributed by atoms with Crippen LogP contribution in [0.3, 0.4) is 0 Å². The van der Waals surface area contributed by atoms with E-state index in [0.29, 0.717) is 21.5 Å². The smallest absolute Gasteiger partial charge is 0.255 e. The number of piperidine rings is 1. The molecule has 2 heterocycles. The van der Waals surface area contributed by atoms with Crippen molar-refractivity contribution >= 4 is 46.8 Å². The first-order valence-electron chi connectivity index (χ1n) is 9.70. The molecule has 1 aromatic rings. The first-order chi connectivity index (χ1) is 13.0. The van der Waals surface area contributed by atoms with Gasteiger partial charge in [-0.15, -0.1) is 11.8 Å². The molecule has 0 radical (unpaired) electrons. The fourth-order valence-corrected chi connectivity index (χ4v) is 6.36. The first kappa shape index (κ1) is 19.4. The van der Waals surface area contributed by atoms with Crippen LogP contribution in [0.15, 0.2) is 18.2 Å². The lowest BCUT2D eigenvalue weighted by molar-refractivity contribution is -0.137. The van der Waals surface area contributed by atoms with Crippen molar-refractivity contribution in [3.05, 3.63) is 33.8 Å². The number of rotatable bonds is 2. The summed E-state index contributed by atoms with van der Waals surface area (Å²) in [7, 11) is 0. The zero-order valence-corrected chi connectivity index (χ0v) is 17.6. The Bertz CT molecular complexity index is 743. The van der Waals surface area contributed by atoms with E-state index < -0.39 is 0 Å². The van der Waals surface area contributed by atoms with E-state index in [1.54, 1.807) is 18.2 Å². The van der Waals surface area contributed by atoms with E-state index in [1.165, 1.54) is 12.8 Å². The number of hydrogen-bond donors (Lipinski definition) is 0. The lowest BCUT2D eigenvalue weighted by Crippen LogP contribution is -2.54. The van der Waals surface area contributed by atoms with Crippen LogP contribution in [0.2, 0.25) is 10.0 Å². The lowest BCUT2D eigenvalue weighted by atomic mass is 9.98. The summed E-state index contributed by atoms with van der Waals surface area (Å²) in [6.07, 6.45) is 6.10. The van der Waals surface area contributed by atoms with Crippen molar-refractivity contribution in [3.8, 4) is 0 Å². The Kier molecular flexibility index (Phi) is 5.64. The maximum atomic E-state index is 13.1. The third-order valence-corrected chi connectivity index (χ3v) is 8.44. The zero-order chi connectivity index (χ0) is 19.0. The average molecular weight is 427 g/mol. The molecular weight excluding hydrogens is 403 g/mol. The van der Waals surface area contributed by atoms with Crippen LogP contribution >= 0.6 is 35.0 Å². The standard InChI is InChI=1S/C20H24Cl2N2O2S/c21-16-6-5-15(13-17(16)22)19(26)24-11-12-27-20(24)7-9-23(10-8-20)18(25)14-3-1-2-4-14/h5-6,13-14H,1-4,7-12H2. The molecule has 1 spiro atoms. The molecule has 4 nitrogen and oxygen atoms in total. The van der Waals surface area contributed by atoms with Gasteiger partial charge in [-0.2, -0.15) is 0 Å². The van der Waals surface area contributed by atoms with E-state index in [2.05, 4.69) is 0 Å². The number of likely N-dealkylation sites (tertiary alicyclic amines) is 1. The van der Waals surface area contributed by atoms with Crippen molar-refractivity contribution in [2.45, 2.75) is 43.4 Å². The summed E-state index contributed by atoms with van der Waals surface area (Å²) < 4.78 is 0. The van der Waals surface area contributed by atoms with Crippen molar-refractivity contribution in [2.24, 2.45) is 5.92 Å². The van der Waals surface area contributed by atoms with E-state index in [4.69, 9.17) is 23.2 Å². The van der Waals surface area contributed by atoms with Gasteiger partial charge in [0.05, 0.1) is 14.9 Å². The van der Waals surface area contributed by atoms with Crippen molar-refractivity contribution in [3.63, 3.8) is 0 Å². The highest BCUT2D eigenvalue weighted by molar-refractivity contribution is 8.00. The second-order valence-electron chi connectivity index (χ2n) is 7.69. The fraction of sp³-hybridized carbons (Fsp3) is 0.600. The number of thioether (sulfide) groups is 1. The summed E-state index contributed by atoms with van der Waals surface area (Å²) in [5.41, 5.74) is 0.579. The van der Waals surface area contributed by atoms with Gasteiger partial charge in [-0.05, 0) is 43.9 Å². The molecule has 27 heavy (non-hydrogen) atoms. The lowest BCUT2D eigenvalue weighted by Gasteiger charge is -2.44. The maximum Gasteiger partial charge on any atom is 0.255 e. The van der Waals surface area contributed by atoms with Crippen molar-refractivity contribution in [2.75, 3.05) is 25.4 Å². The van der Waals surface area contributed by atoms with Gasteiger partial charge in [0.1, 0.15) is 0 Å². The molecule has 3 fully saturated rings. The quantitative estimate of drug-likeness (QED) is 0.688. The van der Waals surface area contributed by atoms with Gasteiger partial charge in [0.2, 0.25) is 5.91 Å². The highest BCUT2D eigenvalue weighted by atomic mass is 35.5. The molecule has 7 heteroatoms. The Hall–Kier alpha value is -0.910. The van der Waals surface area contributed by atoms with Gasteiger partial charge in [0.25, 0.3) is 5.91 Å². The first-order valence-corrected chi connectivity index (χ1v) is 11.4. The highest BCUT2D eigenvalue weighted by Crippen LogP contribution is 2.45. The third-order valence-electron chi connectivity index (χ3n) is 6.15. The third kappa shape index (κ3) is 3.70. The molecular formula is C20H24Cl2N2O2S. The Labute approximate surface area is 174 Å². The largest absolute Gasteiger partial charge is 0.342 e. The molecule has 0 bridgehead atoms. The van der Waals surface area contributed by atoms with Gasteiger partial charge in [-0.25, -0.2) is 0 Å². The normalized spacial score (nSPS) is 22.6. The molecule has 0 aromatic heterocycles. The molecule has 1 aromatic carbocycles. The van der Waals surface area contributed by atoms with Crippen molar-refractivity contribution < 1.29 is 9.59 Å². The summed E-state index contributed by atoms with van der Waals surface area (Å²) in [5.74, 6) is 1.50. The molecule has 0 N–H and O–H groups in total. The van der Waals surface area contributed by atoms with Crippen LogP contribution in [-0.2, 0) is 4.79 Å². The highest BCUT2D eigenvalue weighted by Gasteiger charge is 2.47. The minimum atomic E-state index is -0.199. The van der Waals surface area contributed by atoms with Crippen molar-refractivity contribution in [1.82, 2.24) is 9.80 Å². The van der Waals surface area contributed by atoms with E-state index in [0.717, 1.165) is 51.1 Å². The minimum Gasteiger partial charge on any atom is -0.342 e. The number of hydrogen-bond acceptors (Lipinski definition) is 3. The Balaban J connectivity index is 1.45. The Morgan fingerprint density at radius 2 is 1.74 bits per heavy atom. The SMILES string of the molecule is O=C(C1CCCC1)N1CCC2(CC1)SCCN2C(=O)c1ccc(Cl)c(Cl)c1. The zero-order valence-electron chi connectivity index (χ0n) is 15.3. The molecule has 1 saturated carbocycles. The molecule has 1 aliphatic carbocycles. The van der Waals surface area contributed by atoms with Gasteiger partial charge in [-0.1, -0.05) is 36.0 Å². The molecule has 4 rings (SSSR count). The summed E-state index contributed by atoms with van der Waals surface area (Å²) in [6.45, 7) is 2.22. The predicted molar refractivity (Wildman–Crippen MR) is 110 cm³/mol. The number of halogens is 2. The van der Waals surface area contributed by atoms with Crippen LogP contribution in [0.1, 0.15) is 48.9 Å². The van der Waals surface area contributed by atoms with E-state index >= 15 is 0 Å². The molecule has 2 saturated heterocycles. The summed E-state index contributed by atoms with van der Waals surface area (Å²) in [4.78, 5) is 29.7. The van der Waals surface area contributed by atoms with Crippen LogP contribution in [0.4, 0.5) is 0 Å². The minimum absolute atomic E-state index is 0.00846.